The first-order valence-electron chi connectivity index (χ1n) is 7.92. The second kappa shape index (κ2) is 10.2. The van der Waals surface area contributed by atoms with Crippen LogP contribution in [0.3, 0.4) is 0 Å². The lowest BCUT2D eigenvalue weighted by Gasteiger charge is -2.18. The molecule has 128 valence electrons. The number of benzene rings is 1. The summed E-state index contributed by atoms with van der Waals surface area (Å²) in [7, 11) is 0. The van der Waals surface area contributed by atoms with Crippen molar-refractivity contribution in [2.24, 2.45) is 5.92 Å². The smallest absolute Gasteiger partial charge is 0.333 e. The number of hydrogen-bond donors (Lipinski definition) is 2. The molecule has 6 heteroatoms. The third kappa shape index (κ3) is 6.20. The van der Waals surface area contributed by atoms with Gasteiger partial charge in [-0.2, -0.15) is 0 Å². The molecule has 1 aliphatic heterocycles. The van der Waals surface area contributed by atoms with E-state index >= 15 is 0 Å². The van der Waals surface area contributed by atoms with Crippen LogP contribution >= 0.6 is 12.4 Å². The van der Waals surface area contributed by atoms with Crippen molar-refractivity contribution in [3.63, 3.8) is 0 Å². The molecule has 2 atom stereocenters. The van der Waals surface area contributed by atoms with Crippen LogP contribution in [0.5, 0.6) is 0 Å². The standard InChI is InChI=1S/C17H24N2O3.ClH/c1-2-22-17(21)16(14-6-4-3-5-7-14)19-15(20)9-8-13-10-11-18-12-13;/h3-7,13,16,18H,2,8-12H2,1H3,(H,19,20);1H/t13?,16-;/m1./s1. The van der Waals surface area contributed by atoms with Gasteiger partial charge in [-0.05, 0) is 44.3 Å². The molecule has 2 rings (SSSR count). The minimum atomic E-state index is -0.727. The monoisotopic (exact) mass is 340 g/mol. The number of carbonyl (C=O) groups excluding carboxylic acids is 2. The molecule has 23 heavy (non-hydrogen) atoms. The van der Waals surface area contributed by atoms with Crippen LogP contribution in [0, 0.1) is 5.92 Å². The molecule has 1 unspecified atom stereocenters. The van der Waals surface area contributed by atoms with Crippen molar-refractivity contribution < 1.29 is 14.3 Å². The first-order valence-corrected chi connectivity index (χ1v) is 7.92. The molecule has 0 radical (unpaired) electrons. The van der Waals surface area contributed by atoms with Gasteiger partial charge in [-0.3, -0.25) is 4.79 Å². The third-order valence-corrected chi connectivity index (χ3v) is 3.90. The second-order valence-electron chi connectivity index (χ2n) is 5.56. The first-order chi connectivity index (χ1) is 10.7. The van der Waals surface area contributed by atoms with Crippen LogP contribution in [0.2, 0.25) is 0 Å². The lowest BCUT2D eigenvalue weighted by atomic mass is 10.0. The van der Waals surface area contributed by atoms with Gasteiger partial charge >= 0.3 is 5.97 Å². The normalized spacial score (nSPS) is 17.9. The first kappa shape index (κ1) is 19.5. The maximum absolute atomic E-state index is 12.2. The Morgan fingerprint density at radius 2 is 2.09 bits per heavy atom. The van der Waals surface area contributed by atoms with Crippen molar-refractivity contribution in [1.29, 1.82) is 0 Å². The summed E-state index contributed by atoms with van der Waals surface area (Å²) in [6.07, 6.45) is 2.41. The van der Waals surface area contributed by atoms with E-state index in [0.717, 1.165) is 31.5 Å². The second-order valence-corrected chi connectivity index (χ2v) is 5.56. The number of halogens is 1. The molecule has 1 aliphatic rings. The molecule has 0 spiro atoms. The van der Waals surface area contributed by atoms with Gasteiger partial charge in [-0.15, -0.1) is 12.4 Å². The molecular weight excluding hydrogens is 316 g/mol. The van der Waals surface area contributed by atoms with Gasteiger partial charge in [-0.25, -0.2) is 4.79 Å². The van der Waals surface area contributed by atoms with Gasteiger partial charge in [0.15, 0.2) is 6.04 Å². The Balaban J connectivity index is 0.00000264. The summed E-state index contributed by atoms with van der Waals surface area (Å²) in [5.74, 6) is 0.0434. The van der Waals surface area contributed by atoms with E-state index in [1.54, 1.807) is 6.92 Å². The number of amides is 1. The summed E-state index contributed by atoms with van der Waals surface area (Å²) >= 11 is 0. The molecule has 0 saturated carbocycles. The molecule has 1 aromatic carbocycles. The zero-order valence-corrected chi connectivity index (χ0v) is 14.2. The average molecular weight is 341 g/mol. The van der Waals surface area contributed by atoms with Gasteiger partial charge in [-0.1, -0.05) is 30.3 Å². The van der Waals surface area contributed by atoms with Crippen molar-refractivity contribution in [3.8, 4) is 0 Å². The number of carbonyl (C=O) groups is 2. The maximum Gasteiger partial charge on any atom is 0.333 e. The molecule has 1 heterocycles. The highest BCUT2D eigenvalue weighted by Gasteiger charge is 2.24. The molecule has 1 fully saturated rings. The fourth-order valence-corrected chi connectivity index (χ4v) is 2.68. The van der Waals surface area contributed by atoms with Crippen LogP contribution < -0.4 is 10.6 Å². The minimum absolute atomic E-state index is 0. The SMILES string of the molecule is CCOC(=O)[C@H](NC(=O)CCC1CCNC1)c1ccccc1.Cl. The Labute approximate surface area is 143 Å². The Hall–Kier alpha value is -1.59. The summed E-state index contributed by atoms with van der Waals surface area (Å²) in [6.45, 7) is 4.07. The fraction of sp³-hybridized carbons (Fsp3) is 0.529. The van der Waals surface area contributed by atoms with Crippen molar-refractivity contribution in [2.75, 3.05) is 19.7 Å². The predicted molar refractivity (Wildman–Crippen MR) is 91.4 cm³/mol. The molecule has 0 aliphatic carbocycles. The topological polar surface area (TPSA) is 67.4 Å². The van der Waals surface area contributed by atoms with E-state index in [2.05, 4.69) is 10.6 Å². The van der Waals surface area contributed by atoms with Gasteiger partial charge in [0.1, 0.15) is 0 Å². The van der Waals surface area contributed by atoms with Crippen molar-refractivity contribution in [1.82, 2.24) is 10.6 Å². The molecule has 1 aromatic rings. The number of nitrogens with one attached hydrogen (secondary N) is 2. The molecule has 1 amide bonds. The number of ether oxygens (including phenoxy) is 1. The van der Waals surface area contributed by atoms with Crippen LogP contribution in [-0.4, -0.2) is 31.6 Å². The van der Waals surface area contributed by atoms with Gasteiger partial charge in [0, 0.05) is 6.42 Å². The molecule has 0 aromatic heterocycles. The summed E-state index contributed by atoms with van der Waals surface area (Å²) in [5, 5.41) is 6.10. The quantitative estimate of drug-likeness (QED) is 0.747. The zero-order valence-electron chi connectivity index (χ0n) is 13.4. The predicted octanol–water partition coefficient (Wildman–Crippen LogP) is 2.22. The number of rotatable bonds is 7. The van der Waals surface area contributed by atoms with E-state index < -0.39 is 12.0 Å². The summed E-state index contributed by atoms with van der Waals surface area (Å²) in [4.78, 5) is 24.2. The molecular formula is C17H25ClN2O3. The Morgan fingerprint density at radius 3 is 2.70 bits per heavy atom. The Kier molecular flexibility index (Phi) is 8.66. The summed E-state index contributed by atoms with van der Waals surface area (Å²) in [5.41, 5.74) is 0.747. The van der Waals surface area contributed by atoms with Crippen LogP contribution in [0.15, 0.2) is 30.3 Å². The number of hydrogen-bond acceptors (Lipinski definition) is 4. The van der Waals surface area contributed by atoms with E-state index in [1.165, 1.54) is 0 Å². The largest absolute Gasteiger partial charge is 0.464 e. The van der Waals surface area contributed by atoms with Crippen molar-refractivity contribution in [3.05, 3.63) is 35.9 Å². The lowest BCUT2D eigenvalue weighted by molar-refractivity contribution is -0.147. The Bertz CT molecular complexity index is 490. The zero-order chi connectivity index (χ0) is 15.8. The van der Waals surface area contributed by atoms with E-state index in [4.69, 9.17) is 4.74 Å². The molecule has 1 saturated heterocycles. The van der Waals surface area contributed by atoms with Gasteiger partial charge in [0.05, 0.1) is 6.61 Å². The average Bonchev–Trinajstić information content (AvgIpc) is 3.05. The van der Waals surface area contributed by atoms with Gasteiger partial charge in [0.25, 0.3) is 0 Å². The van der Waals surface area contributed by atoms with E-state index in [1.807, 2.05) is 30.3 Å². The highest BCUT2D eigenvalue weighted by molar-refractivity contribution is 5.85. The van der Waals surface area contributed by atoms with E-state index in [9.17, 15) is 9.59 Å². The van der Waals surface area contributed by atoms with Gasteiger partial charge in [0.2, 0.25) is 5.91 Å². The van der Waals surface area contributed by atoms with E-state index in [-0.39, 0.29) is 18.3 Å². The van der Waals surface area contributed by atoms with Crippen LogP contribution in [-0.2, 0) is 14.3 Å². The lowest BCUT2D eigenvalue weighted by Crippen LogP contribution is -2.35. The third-order valence-electron chi connectivity index (χ3n) is 3.90. The van der Waals surface area contributed by atoms with Crippen LogP contribution in [0.25, 0.3) is 0 Å². The maximum atomic E-state index is 12.2. The van der Waals surface area contributed by atoms with Crippen LogP contribution in [0.1, 0.15) is 37.8 Å². The summed E-state index contributed by atoms with van der Waals surface area (Å²) in [6, 6.07) is 8.48. The van der Waals surface area contributed by atoms with Crippen molar-refractivity contribution >= 4 is 24.3 Å². The van der Waals surface area contributed by atoms with E-state index in [0.29, 0.717) is 18.9 Å². The highest BCUT2D eigenvalue weighted by atomic mass is 35.5. The highest BCUT2D eigenvalue weighted by Crippen LogP contribution is 2.17. The molecule has 5 nitrogen and oxygen atoms in total. The van der Waals surface area contributed by atoms with Crippen molar-refractivity contribution in [2.45, 2.75) is 32.2 Å². The molecule has 0 bridgehead atoms. The fourth-order valence-electron chi connectivity index (χ4n) is 2.68. The van der Waals surface area contributed by atoms with Gasteiger partial charge < -0.3 is 15.4 Å². The molecule has 2 N–H and O–H groups in total. The number of esters is 1. The summed E-state index contributed by atoms with van der Waals surface area (Å²) < 4.78 is 5.07. The van der Waals surface area contributed by atoms with Crippen LogP contribution in [0.4, 0.5) is 0 Å². The minimum Gasteiger partial charge on any atom is -0.464 e. The Morgan fingerprint density at radius 1 is 1.35 bits per heavy atom.